The molecular weight excluding hydrogens is 829 g/mol. The average molecular weight is 944 g/mol. The van der Waals surface area contributed by atoms with Crippen LogP contribution in [0.4, 0.5) is 0 Å². The van der Waals surface area contributed by atoms with Gasteiger partial charge in [-0.1, -0.05) is 283 Å². The zero-order valence-corrected chi connectivity index (χ0v) is 45.2. The first-order chi connectivity index (χ1) is 33.0. The van der Waals surface area contributed by atoms with Gasteiger partial charge in [-0.15, -0.1) is 0 Å². The number of allylic oxidation sites excluding steroid dienone is 4. The lowest BCUT2D eigenvalue weighted by Gasteiger charge is -2.18. The highest BCUT2D eigenvalue weighted by atomic mass is 16.6. The zero-order chi connectivity index (χ0) is 48.6. The molecule has 0 spiro atoms. The molecule has 0 radical (unpaired) electrons. The molecule has 0 N–H and O–H groups in total. The van der Waals surface area contributed by atoms with E-state index in [4.69, 9.17) is 14.2 Å². The van der Waals surface area contributed by atoms with Crippen molar-refractivity contribution in [1.29, 1.82) is 0 Å². The Kier molecular flexibility index (Phi) is 54.7. The van der Waals surface area contributed by atoms with Crippen molar-refractivity contribution in [2.75, 3.05) is 13.2 Å². The SMILES string of the molecule is CCCCCC/C=C\C/C=C\CCCCCCCCCC(=O)OC(COC(=O)CCCCCCC)COC(=O)CCCCCCCCCCCCCCCCCCCCCCCCCCCC. The van der Waals surface area contributed by atoms with Crippen LogP contribution in [0.3, 0.4) is 0 Å². The molecule has 0 aliphatic carbocycles. The predicted octanol–water partition coefficient (Wildman–Crippen LogP) is 19.9. The largest absolute Gasteiger partial charge is 0.462 e. The minimum atomic E-state index is -0.768. The van der Waals surface area contributed by atoms with Crippen LogP contribution in [0.2, 0.25) is 0 Å². The van der Waals surface area contributed by atoms with Gasteiger partial charge in [-0.05, 0) is 51.4 Å². The van der Waals surface area contributed by atoms with Crippen LogP contribution >= 0.6 is 0 Å². The van der Waals surface area contributed by atoms with E-state index in [-0.39, 0.29) is 31.1 Å². The van der Waals surface area contributed by atoms with Gasteiger partial charge in [-0.25, -0.2) is 0 Å². The van der Waals surface area contributed by atoms with E-state index in [1.54, 1.807) is 0 Å². The molecule has 0 amide bonds. The predicted molar refractivity (Wildman–Crippen MR) is 289 cm³/mol. The van der Waals surface area contributed by atoms with Crippen LogP contribution < -0.4 is 0 Å². The summed E-state index contributed by atoms with van der Waals surface area (Å²) in [6.45, 7) is 6.58. The first-order valence-corrected chi connectivity index (χ1v) is 29.8. The highest BCUT2D eigenvalue weighted by molar-refractivity contribution is 5.71. The fraction of sp³-hybridized carbons (Fsp3) is 0.885. The molecule has 1 atom stereocenters. The van der Waals surface area contributed by atoms with Crippen LogP contribution in [0.15, 0.2) is 24.3 Å². The minimum absolute atomic E-state index is 0.0706. The third-order valence-corrected chi connectivity index (χ3v) is 13.5. The summed E-state index contributed by atoms with van der Waals surface area (Å²) in [4.78, 5) is 37.8. The molecule has 0 saturated heterocycles. The fourth-order valence-electron chi connectivity index (χ4n) is 8.95. The van der Waals surface area contributed by atoms with Crippen molar-refractivity contribution in [3.05, 3.63) is 24.3 Å². The van der Waals surface area contributed by atoms with Crippen LogP contribution in [0.25, 0.3) is 0 Å². The smallest absolute Gasteiger partial charge is 0.306 e. The first-order valence-electron chi connectivity index (χ1n) is 29.8. The number of carbonyl (C=O) groups excluding carboxylic acids is 3. The quantitative estimate of drug-likeness (QED) is 0.0262. The van der Waals surface area contributed by atoms with Crippen LogP contribution in [-0.2, 0) is 28.6 Å². The molecule has 0 aromatic carbocycles. The van der Waals surface area contributed by atoms with Gasteiger partial charge < -0.3 is 14.2 Å². The van der Waals surface area contributed by atoms with Gasteiger partial charge in [0.2, 0.25) is 0 Å². The van der Waals surface area contributed by atoms with E-state index >= 15 is 0 Å². The number of esters is 3. The Hall–Kier alpha value is -2.11. The lowest BCUT2D eigenvalue weighted by molar-refractivity contribution is -0.167. The van der Waals surface area contributed by atoms with Gasteiger partial charge in [0, 0.05) is 19.3 Å². The normalized spacial score (nSPS) is 12.1. The van der Waals surface area contributed by atoms with Crippen LogP contribution in [0.5, 0.6) is 0 Å². The van der Waals surface area contributed by atoms with Crippen LogP contribution in [-0.4, -0.2) is 37.2 Å². The Labute approximate surface area is 417 Å². The summed E-state index contributed by atoms with van der Waals surface area (Å²) in [5, 5.41) is 0. The number of rotatable bonds is 55. The Morgan fingerprint density at radius 2 is 0.537 bits per heavy atom. The van der Waals surface area contributed by atoms with Gasteiger partial charge in [0.05, 0.1) is 0 Å². The Morgan fingerprint density at radius 3 is 0.836 bits per heavy atom. The Morgan fingerprint density at radius 1 is 0.299 bits per heavy atom. The van der Waals surface area contributed by atoms with Gasteiger partial charge in [0.15, 0.2) is 6.10 Å². The van der Waals surface area contributed by atoms with E-state index in [9.17, 15) is 14.4 Å². The van der Waals surface area contributed by atoms with Crippen molar-refractivity contribution < 1.29 is 28.6 Å². The van der Waals surface area contributed by atoms with Crippen molar-refractivity contribution in [2.45, 2.75) is 335 Å². The number of unbranched alkanes of at least 4 members (excludes halogenated alkanes) is 40. The van der Waals surface area contributed by atoms with Crippen molar-refractivity contribution >= 4 is 17.9 Å². The van der Waals surface area contributed by atoms with Crippen molar-refractivity contribution in [1.82, 2.24) is 0 Å². The molecule has 67 heavy (non-hydrogen) atoms. The molecule has 6 heteroatoms. The third kappa shape index (κ3) is 54.7. The highest BCUT2D eigenvalue weighted by Gasteiger charge is 2.19. The molecule has 0 bridgehead atoms. The van der Waals surface area contributed by atoms with Crippen molar-refractivity contribution in [3.8, 4) is 0 Å². The van der Waals surface area contributed by atoms with E-state index in [2.05, 4.69) is 45.1 Å². The number of hydrogen-bond acceptors (Lipinski definition) is 6. The molecule has 0 aromatic heterocycles. The summed E-state index contributed by atoms with van der Waals surface area (Å²) in [7, 11) is 0. The second-order valence-electron chi connectivity index (χ2n) is 20.3. The molecule has 0 heterocycles. The molecular formula is C61H114O6. The summed E-state index contributed by atoms with van der Waals surface area (Å²) in [6, 6.07) is 0. The van der Waals surface area contributed by atoms with E-state index < -0.39 is 6.10 Å². The van der Waals surface area contributed by atoms with E-state index in [0.717, 1.165) is 77.0 Å². The van der Waals surface area contributed by atoms with Crippen LogP contribution in [0.1, 0.15) is 329 Å². The molecule has 0 fully saturated rings. The third-order valence-electron chi connectivity index (χ3n) is 13.5. The molecule has 0 saturated carbocycles. The lowest BCUT2D eigenvalue weighted by Crippen LogP contribution is -2.30. The monoisotopic (exact) mass is 943 g/mol. The van der Waals surface area contributed by atoms with Gasteiger partial charge in [0.1, 0.15) is 13.2 Å². The Balaban J connectivity index is 4.00. The molecule has 6 nitrogen and oxygen atoms in total. The summed E-state index contributed by atoms with van der Waals surface area (Å²) >= 11 is 0. The number of ether oxygens (including phenoxy) is 3. The van der Waals surface area contributed by atoms with Gasteiger partial charge in [-0.2, -0.15) is 0 Å². The van der Waals surface area contributed by atoms with Gasteiger partial charge >= 0.3 is 17.9 Å². The maximum absolute atomic E-state index is 12.8. The van der Waals surface area contributed by atoms with Crippen molar-refractivity contribution in [2.24, 2.45) is 0 Å². The number of hydrogen-bond donors (Lipinski definition) is 0. The van der Waals surface area contributed by atoms with Gasteiger partial charge in [0.25, 0.3) is 0 Å². The fourth-order valence-corrected chi connectivity index (χ4v) is 8.95. The highest BCUT2D eigenvalue weighted by Crippen LogP contribution is 2.17. The first kappa shape index (κ1) is 64.9. The second kappa shape index (κ2) is 56.5. The van der Waals surface area contributed by atoms with E-state index in [1.807, 2.05) is 0 Å². The molecule has 1 unspecified atom stereocenters. The average Bonchev–Trinajstić information content (AvgIpc) is 3.33. The summed E-state index contributed by atoms with van der Waals surface area (Å²) in [6.07, 6.45) is 66.6. The van der Waals surface area contributed by atoms with E-state index in [1.165, 1.54) is 212 Å². The second-order valence-corrected chi connectivity index (χ2v) is 20.3. The molecule has 394 valence electrons. The standard InChI is InChI=1S/C61H114O6/c1-4-7-10-13-15-17-19-21-23-25-27-28-29-30-31-32-33-34-36-37-39-41-43-45-48-51-54-60(63)66-57-58(56-65-59(62)53-50-47-12-9-6-3)67-61(64)55-52-49-46-44-42-40-38-35-26-24-22-20-18-16-14-11-8-5-2/h18,20,24,26,58H,4-17,19,21-23,25,27-57H2,1-3H3/b20-18-,26-24-. The summed E-state index contributed by atoms with van der Waals surface area (Å²) in [5.41, 5.74) is 0. The topological polar surface area (TPSA) is 78.9 Å². The Bertz CT molecular complexity index is 1080. The maximum Gasteiger partial charge on any atom is 0.306 e. The van der Waals surface area contributed by atoms with Crippen LogP contribution in [0, 0.1) is 0 Å². The van der Waals surface area contributed by atoms with Gasteiger partial charge in [-0.3, -0.25) is 14.4 Å². The molecule has 0 rings (SSSR count). The maximum atomic E-state index is 12.8. The molecule has 0 aromatic rings. The lowest BCUT2D eigenvalue weighted by atomic mass is 10.0. The summed E-state index contributed by atoms with van der Waals surface area (Å²) < 4.78 is 16.7. The van der Waals surface area contributed by atoms with Crippen molar-refractivity contribution in [3.63, 3.8) is 0 Å². The number of carbonyl (C=O) groups is 3. The minimum Gasteiger partial charge on any atom is -0.462 e. The zero-order valence-electron chi connectivity index (χ0n) is 45.2. The molecule has 0 aliphatic rings. The summed E-state index contributed by atoms with van der Waals surface area (Å²) in [5.74, 6) is -0.874. The van der Waals surface area contributed by atoms with E-state index in [0.29, 0.717) is 19.3 Å². The molecule has 0 aliphatic heterocycles.